The Balaban J connectivity index is 1.97. The number of ether oxygens (including phenoxy) is 1. The Bertz CT molecular complexity index is 724. The maximum atomic E-state index is 12.2. The van der Waals surface area contributed by atoms with Gasteiger partial charge in [-0.25, -0.2) is 4.79 Å². The van der Waals surface area contributed by atoms with Crippen LogP contribution in [0.1, 0.15) is 35.0 Å². The van der Waals surface area contributed by atoms with Crippen LogP contribution >= 0.6 is 0 Å². The van der Waals surface area contributed by atoms with Gasteiger partial charge in [0.2, 0.25) is 6.54 Å². The van der Waals surface area contributed by atoms with E-state index in [0.717, 1.165) is 17.7 Å². The van der Waals surface area contributed by atoms with Gasteiger partial charge in [0.05, 0.1) is 12.2 Å². The quantitative estimate of drug-likeness (QED) is 0.655. The molecule has 1 aromatic heterocycles. The van der Waals surface area contributed by atoms with Crippen LogP contribution in [0.15, 0.2) is 42.6 Å². The molecule has 24 heavy (non-hydrogen) atoms. The molecule has 1 aromatic carbocycles. The Kier molecular flexibility index (Phi) is 6.07. The number of rotatable bonds is 6. The first-order valence-corrected chi connectivity index (χ1v) is 8.04. The summed E-state index contributed by atoms with van der Waals surface area (Å²) in [5.41, 5.74) is 3.32. The summed E-state index contributed by atoms with van der Waals surface area (Å²) in [5.74, 6) is -0.462. The van der Waals surface area contributed by atoms with Gasteiger partial charge in [-0.15, -0.1) is 0 Å². The fourth-order valence-electron chi connectivity index (χ4n) is 2.24. The van der Waals surface area contributed by atoms with Gasteiger partial charge >= 0.3 is 5.97 Å². The summed E-state index contributed by atoms with van der Waals surface area (Å²) >= 11 is 0. The number of aryl methyl sites for hydroxylation is 1. The van der Waals surface area contributed by atoms with Crippen molar-refractivity contribution in [3.05, 3.63) is 59.4 Å². The molecule has 0 aliphatic carbocycles. The van der Waals surface area contributed by atoms with Crippen molar-refractivity contribution in [3.63, 3.8) is 0 Å². The van der Waals surface area contributed by atoms with Crippen molar-refractivity contribution < 1.29 is 18.9 Å². The van der Waals surface area contributed by atoms with E-state index < -0.39 is 0 Å². The summed E-state index contributed by atoms with van der Waals surface area (Å²) in [6.07, 6.45) is 2.67. The smallest absolute Gasteiger partial charge is 0.338 e. The van der Waals surface area contributed by atoms with E-state index in [1.54, 1.807) is 24.3 Å². The number of pyridine rings is 1. The first-order valence-electron chi connectivity index (χ1n) is 8.04. The Morgan fingerprint density at radius 3 is 2.50 bits per heavy atom. The number of carbonyl (C=O) groups is 2. The second-order valence-electron chi connectivity index (χ2n) is 5.67. The summed E-state index contributed by atoms with van der Waals surface area (Å²) < 4.78 is 6.98. The molecule has 0 aliphatic rings. The highest BCUT2D eigenvalue weighted by atomic mass is 16.5. The zero-order chi connectivity index (χ0) is 17.5. The fraction of sp³-hybridized carbons (Fsp3) is 0.316. The largest absolute Gasteiger partial charge is 0.462 e. The second kappa shape index (κ2) is 8.24. The molecule has 0 spiro atoms. The Labute approximate surface area is 142 Å². The molecule has 2 rings (SSSR count). The second-order valence-corrected chi connectivity index (χ2v) is 5.67. The topological polar surface area (TPSA) is 59.3 Å². The lowest BCUT2D eigenvalue weighted by atomic mass is 10.2. The number of nitrogens with zero attached hydrogens (tertiary/aromatic N) is 1. The van der Waals surface area contributed by atoms with Crippen LogP contribution in [0.25, 0.3) is 0 Å². The van der Waals surface area contributed by atoms with Crippen molar-refractivity contribution in [1.82, 2.24) is 0 Å². The van der Waals surface area contributed by atoms with Crippen LogP contribution in [0.2, 0.25) is 0 Å². The summed E-state index contributed by atoms with van der Waals surface area (Å²) in [4.78, 5) is 23.9. The minimum Gasteiger partial charge on any atom is -0.462 e. The third-order valence-electron chi connectivity index (χ3n) is 3.77. The van der Waals surface area contributed by atoms with Crippen LogP contribution < -0.4 is 9.88 Å². The SMILES string of the molecule is CCCOC(=O)c1ccc(NC(=O)C[n+]2cccc(C)c2C)cc1. The highest BCUT2D eigenvalue weighted by molar-refractivity contribution is 5.92. The molecule has 0 radical (unpaired) electrons. The molecule has 0 saturated heterocycles. The number of benzene rings is 1. The molecule has 0 aliphatic heterocycles. The van der Waals surface area contributed by atoms with Crippen LogP contribution in [-0.2, 0) is 16.1 Å². The molecular weight excluding hydrogens is 304 g/mol. The van der Waals surface area contributed by atoms with Crippen LogP contribution in [0.5, 0.6) is 0 Å². The molecule has 2 aromatic rings. The number of esters is 1. The number of hydrogen-bond donors (Lipinski definition) is 1. The van der Waals surface area contributed by atoms with Crippen molar-refractivity contribution in [3.8, 4) is 0 Å². The van der Waals surface area contributed by atoms with Crippen LogP contribution in [0, 0.1) is 13.8 Å². The summed E-state index contributed by atoms with van der Waals surface area (Å²) in [7, 11) is 0. The molecule has 5 nitrogen and oxygen atoms in total. The number of anilines is 1. The van der Waals surface area contributed by atoms with Crippen molar-refractivity contribution in [2.45, 2.75) is 33.7 Å². The molecule has 0 atom stereocenters. The maximum Gasteiger partial charge on any atom is 0.338 e. The average molecular weight is 327 g/mol. The van der Waals surface area contributed by atoms with Crippen LogP contribution in [0.3, 0.4) is 0 Å². The Morgan fingerprint density at radius 2 is 1.83 bits per heavy atom. The van der Waals surface area contributed by atoms with Gasteiger partial charge in [0.15, 0.2) is 11.9 Å². The van der Waals surface area contributed by atoms with E-state index in [4.69, 9.17) is 4.74 Å². The first kappa shape index (κ1) is 17.7. The van der Waals surface area contributed by atoms with E-state index in [0.29, 0.717) is 17.9 Å². The van der Waals surface area contributed by atoms with Gasteiger partial charge in [-0.2, -0.15) is 4.57 Å². The van der Waals surface area contributed by atoms with E-state index >= 15 is 0 Å². The van der Waals surface area contributed by atoms with Crippen molar-refractivity contribution in [2.24, 2.45) is 0 Å². The van der Waals surface area contributed by atoms with E-state index in [2.05, 4.69) is 5.32 Å². The summed E-state index contributed by atoms with van der Waals surface area (Å²) in [5, 5.41) is 2.83. The number of amides is 1. The van der Waals surface area contributed by atoms with Gasteiger partial charge in [-0.1, -0.05) is 6.92 Å². The lowest BCUT2D eigenvalue weighted by Gasteiger charge is -2.07. The number of aromatic nitrogens is 1. The highest BCUT2D eigenvalue weighted by Gasteiger charge is 2.14. The lowest BCUT2D eigenvalue weighted by molar-refractivity contribution is -0.690. The van der Waals surface area contributed by atoms with Crippen molar-refractivity contribution >= 4 is 17.6 Å². The van der Waals surface area contributed by atoms with Gasteiger partial charge in [0.25, 0.3) is 5.91 Å². The summed E-state index contributed by atoms with van der Waals surface area (Å²) in [6, 6.07) is 10.6. The molecule has 1 N–H and O–H groups in total. The predicted octanol–water partition coefficient (Wildman–Crippen LogP) is 2.80. The lowest BCUT2D eigenvalue weighted by Crippen LogP contribution is -2.43. The molecule has 5 heteroatoms. The monoisotopic (exact) mass is 327 g/mol. The minimum atomic E-state index is -0.347. The van der Waals surface area contributed by atoms with E-state index in [1.165, 1.54) is 0 Å². The van der Waals surface area contributed by atoms with Gasteiger partial charge in [0, 0.05) is 24.2 Å². The molecule has 0 saturated carbocycles. The zero-order valence-corrected chi connectivity index (χ0v) is 14.3. The zero-order valence-electron chi connectivity index (χ0n) is 14.3. The minimum absolute atomic E-state index is 0.116. The summed E-state index contributed by atoms with van der Waals surface area (Å²) in [6.45, 7) is 6.59. The highest BCUT2D eigenvalue weighted by Crippen LogP contribution is 2.11. The van der Waals surface area contributed by atoms with Crippen LogP contribution in [-0.4, -0.2) is 18.5 Å². The predicted molar refractivity (Wildman–Crippen MR) is 91.8 cm³/mol. The van der Waals surface area contributed by atoms with Crippen LogP contribution in [0.4, 0.5) is 5.69 Å². The maximum absolute atomic E-state index is 12.2. The number of nitrogens with one attached hydrogen (secondary N) is 1. The third-order valence-corrected chi connectivity index (χ3v) is 3.77. The third kappa shape index (κ3) is 4.65. The normalized spacial score (nSPS) is 10.3. The molecule has 0 fully saturated rings. The molecule has 1 heterocycles. The van der Waals surface area contributed by atoms with E-state index in [1.807, 2.05) is 43.7 Å². The first-order chi connectivity index (χ1) is 11.5. The molecule has 1 amide bonds. The van der Waals surface area contributed by atoms with Gasteiger partial charge < -0.3 is 10.1 Å². The van der Waals surface area contributed by atoms with Gasteiger partial charge in [-0.05, 0) is 43.7 Å². The average Bonchev–Trinajstić information content (AvgIpc) is 2.57. The van der Waals surface area contributed by atoms with E-state index in [-0.39, 0.29) is 18.4 Å². The Morgan fingerprint density at radius 1 is 1.12 bits per heavy atom. The Hall–Kier alpha value is -2.69. The van der Waals surface area contributed by atoms with Crippen molar-refractivity contribution in [1.29, 1.82) is 0 Å². The molecule has 0 unspecified atom stereocenters. The number of hydrogen-bond acceptors (Lipinski definition) is 3. The standard InChI is InChI=1S/C19H22N2O3/c1-4-12-24-19(23)16-7-9-17(10-8-16)20-18(22)13-21-11-5-6-14(2)15(21)3/h5-11H,4,12-13H2,1-3H3/p+1. The van der Waals surface area contributed by atoms with Crippen molar-refractivity contribution in [2.75, 3.05) is 11.9 Å². The fourth-order valence-corrected chi connectivity index (χ4v) is 2.24. The number of carbonyl (C=O) groups excluding carboxylic acids is 2. The molecule has 126 valence electrons. The molecular formula is C19H23N2O3+. The van der Waals surface area contributed by atoms with E-state index in [9.17, 15) is 9.59 Å². The molecule has 0 bridgehead atoms. The van der Waals surface area contributed by atoms with Gasteiger partial charge in [-0.3, -0.25) is 4.79 Å². The van der Waals surface area contributed by atoms with Gasteiger partial charge in [0.1, 0.15) is 0 Å².